The Labute approximate surface area is 197 Å². The quantitative estimate of drug-likeness (QED) is 0.586. The highest BCUT2D eigenvalue weighted by Crippen LogP contribution is 2.70. The molecule has 0 spiro atoms. The summed E-state index contributed by atoms with van der Waals surface area (Å²) in [6.45, 7) is 4.80. The van der Waals surface area contributed by atoms with E-state index in [9.17, 15) is 29.4 Å². The van der Waals surface area contributed by atoms with Gasteiger partial charge in [0.05, 0.1) is 6.10 Å². The lowest BCUT2D eigenvalue weighted by Crippen LogP contribution is -2.70. The second-order valence-corrected chi connectivity index (χ2v) is 10.6. The van der Waals surface area contributed by atoms with Crippen LogP contribution in [0.25, 0.3) is 0 Å². The molecule has 8 atom stereocenters. The van der Waals surface area contributed by atoms with Crippen LogP contribution in [0.3, 0.4) is 0 Å². The number of hydrogen-bond donors (Lipinski definition) is 2. The Bertz CT molecular complexity index is 1020. The summed E-state index contributed by atoms with van der Waals surface area (Å²) < 4.78 is 27.4. The number of hydrogen-bond acceptors (Lipinski definition) is 8. The van der Waals surface area contributed by atoms with Gasteiger partial charge in [0.2, 0.25) is 5.78 Å². The normalized spacial score (nSPS) is 44.9. The molecule has 0 saturated heterocycles. The molecule has 4 aliphatic rings. The van der Waals surface area contributed by atoms with Crippen LogP contribution in [0.15, 0.2) is 23.8 Å². The number of allylic oxidation sites excluding steroid dienone is 4. The van der Waals surface area contributed by atoms with E-state index in [1.54, 1.807) is 13.8 Å². The van der Waals surface area contributed by atoms with Crippen molar-refractivity contribution < 1.29 is 43.3 Å². The number of fused-ring (bicyclic) bond motifs is 5. The van der Waals surface area contributed by atoms with Crippen LogP contribution >= 0.6 is 0 Å². The number of halogens is 1. The van der Waals surface area contributed by atoms with E-state index in [-0.39, 0.29) is 25.0 Å². The molecule has 8 nitrogen and oxygen atoms in total. The third kappa shape index (κ3) is 3.09. The predicted octanol–water partition coefficient (Wildman–Crippen LogP) is 1.76. The van der Waals surface area contributed by atoms with Crippen LogP contribution in [-0.2, 0) is 28.7 Å². The highest BCUT2D eigenvalue weighted by molar-refractivity contribution is 6.01. The number of alkyl halides is 1. The maximum Gasteiger partial charge on any atom is 0.303 e. The molecular formula is C25H31FO8. The monoisotopic (exact) mass is 478 g/mol. The molecular weight excluding hydrogens is 447 g/mol. The number of carbonyl (C=O) groups is 4. The van der Waals surface area contributed by atoms with Gasteiger partial charge in [0, 0.05) is 30.6 Å². The fraction of sp³-hybridized carbons (Fsp3) is 0.680. The van der Waals surface area contributed by atoms with Gasteiger partial charge in [-0.3, -0.25) is 19.2 Å². The summed E-state index contributed by atoms with van der Waals surface area (Å²) in [5, 5.41) is 23.1. The largest absolute Gasteiger partial charge is 0.459 e. The van der Waals surface area contributed by atoms with Crippen molar-refractivity contribution in [3.8, 4) is 0 Å². The van der Waals surface area contributed by atoms with Crippen molar-refractivity contribution >= 4 is 23.5 Å². The number of aliphatic hydroxyl groups is 2. The van der Waals surface area contributed by atoms with Crippen molar-refractivity contribution in [2.24, 2.45) is 22.7 Å². The van der Waals surface area contributed by atoms with Crippen LogP contribution in [0.1, 0.15) is 53.4 Å². The highest BCUT2D eigenvalue weighted by Gasteiger charge is 2.77. The molecule has 0 aliphatic heterocycles. The Balaban J connectivity index is 1.80. The van der Waals surface area contributed by atoms with E-state index >= 15 is 4.39 Å². The number of aliphatic hydroxyl groups excluding tert-OH is 1. The molecule has 0 heterocycles. The molecule has 0 aromatic rings. The van der Waals surface area contributed by atoms with E-state index in [0.29, 0.717) is 12.0 Å². The Hall–Kier alpha value is -2.39. The lowest BCUT2D eigenvalue weighted by Gasteiger charge is -2.62. The van der Waals surface area contributed by atoms with Crippen molar-refractivity contribution in [3.05, 3.63) is 23.8 Å². The molecule has 186 valence electrons. The van der Waals surface area contributed by atoms with Crippen LogP contribution < -0.4 is 0 Å². The summed E-state index contributed by atoms with van der Waals surface area (Å²) in [6.07, 6.45) is 1.82. The van der Waals surface area contributed by atoms with Crippen LogP contribution in [-0.4, -0.2) is 63.8 Å². The summed E-state index contributed by atoms with van der Waals surface area (Å²) in [7, 11) is 0. The van der Waals surface area contributed by atoms with E-state index in [2.05, 4.69) is 0 Å². The average Bonchev–Trinajstić information content (AvgIpc) is 2.95. The van der Waals surface area contributed by atoms with Gasteiger partial charge in [-0.25, -0.2) is 4.39 Å². The van der Waals surface area contributed by atoms with Crippen LogP contribution in [0.2, 0.25) is 0 Å². The third-order valence-electron chi connectivity index (χ3n) is 8.98. The molecule has 0 aromatic heterocycles. The van der Waals surface area contributed by atoms with E-state index in [1.807, 2.05) is 0 Å². The minimum absolute atomic E-state index is 0.0131. The lowest BCUT2D eigenvalue weighted by molar-refractivity contribution is -0.224. The Kier molecular flexibility index (Phi) is 5.68. The van der Waals surface area contributed by atoms with Crippen molar-refractivity contribution in [3.63, 3.8) is 0 Å². The van der Waals surface area contributed by atoms with Crippen molar-refractivity contribution in [2.75, 3.05) is 6.61 Å². The molecule has 1 unspecified atom stereocenters. The van der Waals surface area contributed by atoms with Gasteiger partial charge >= 0.3 is 11.9 Å². The molecule has 0 bridgehead atoms. The van der Waals surface area contributed by atoms with Crippen molar-refractivity contribution in [2.45, 2.75) is 76.9 Å². The zero-order valence-electron chi connectivity index (χ0n) is 19.8. The van der Waals surface area contributed by atoms with Crippen LogP contribution in [0, 0.1) is 22.7 Å². The second-order valence-electron chi connectivity index (χ2n) is 10.6. The first kappa shape index (κ1) is 24.7. The summed E-state index contributed by atoms with van der Waals surface area (Å²) in [5.74, 6) is -3.93. The number of esters is 2. The maximum atomic E-state index is 17.2. The van der Waals surface area contributed by atoms with Gasteiger partial charge in [-0.15, -0.1) is 0 Å². The molecule has 9 heteroatoms. The summed E-state index contributed by atoms with van der Waals surface area (Å²) in [4.78, 5) is 48.4. The Morgan fingerprint density at radius 2 is 1.85 bits per heavy atom. The lowest BCUT2D eigenvalue weighted by atomic mass is 9.44. The van der Waals surface area contributed by atoms with Gasteiger partial charge < -0.3 is 19.7 Å². The van der Waals surface area contributed by atoms with Crippen molar-refractivity contribution in [1.82, 2.24) is 0 Å². The fourth-order valence-electron chi connectivity index (χ4n) is 7.31. The first-order valence-corrected chi connectivity index (χ1v) is 11.6. The van der Waals surface area contributed by atoms with E-state index in [4.69, 9.17) is 9.47 Å². The fourth-order valence-corrected chi connectivity index (χ4v) is 7.31. The summed E-state index contributed by atoms with van der Waals surface area (Å²) >= 11 is 0. The van der Waals surface area contributed by atoms with Gasteiger partial charge in [-0.2, -0.15) is 0 Å². The van der Waals surface area contributed by atoms with Crippen LogP contribution in [0.4, 0.5) is 4.39 Å². The van der Waals surface area contributed by atoms with E-state index < -0.39 is 70.5 Å². The smallest absolute Gasteiger partial charge is 0.303 e. The summed E-state index contributed by atoms with van der Waals surface area (Å²) in [5.41, 5.74) is -6.42. The first-order valence-electron chi connectivity index (χ1n) is 11.6. The maximum absolute atomic E-state index is 17.2. The first-order chi connectivity index (χ1) is 15.7. The zero-order chi connectivity index (χ0) is 25.3. The molecule has 0 amide bonds. The Morgan fingerprint density at radius 1 is 1.18 bits per heavy atom. The third-order valence-corrected chi connectivity index (χ3v) is 8.98. The molecule has 4 rings (SSSR count). The molecule has 2 N–H and O–H groups in total. The predicted molar refractivity (Wildman–Crippen MR) is 116 cm³/mol. The average molecular weight is 479 g/mol. The van der Waals surface area contributed by atoms with E-state index in [0.717, 1.165) is 13.8 Å². The molecule has 0 radical (unpaired) electrons. The second kappa shape index (κ2) is 7.81. The van der Waals surface area contributed by atoms with Crippen molar-refractivity contribution in [1.29, 1.82) is 0 Å². The molecule has 3 saturated carbocycles. The molecule has 0 aromatic carbocycles. The number of ether oxygens (including phenoxy) is 2. The van der Waals surface area contributed by atoms with Gasteiger partial charge in [0.15, 0.2) is 23.7 Å². The van der Waals surface area contributed by atoms with Gasteiger partial charge in [0.1, 0.15) is 6.10 Å². The molecule has 3 fully saturated rings. The summed E-state index contributed by atoms with van der Waals surface area (Å²) in [6, 6.07) is 0. The Morgan fingerprint density at radius 3 is 2.47 bits per heavy atom. The SMILES string of the molecule is CC(=O)OCC(=O)[C@@]1(O)[C@H](OC(C)=O)C[C@H]2[C@@H]3CCC4=CC(=O)C=C[C@]4(C)C3(F)[C@@H](O)C[C@@]21C. The minimum Gasteiger partial charge on any atom is -0.459 e. The van der Waals surface area contributed by atoms with Gasteiger partial charge in [0.25, 0.3) is 0 Å². The highest BCUT2D eigenvalue weighted by atomic mass is 19.1. The molecule has 4 aliphatic carbocycles. The zero-order valence-corrected chi connectivity index (χ0v) is 19.8. The number of ketones is 2. The number of Topliss-reactive ketones (excluding diaryl/α,β-unsaturated/α-hetero) is 1. The standard InChI is InChI=1S/C25H31FO8/c1-13(27)33-12-20(31)25(32)21(34-14(2)28)10-18-17-6-5-15-9-16(29)7-8-22(15,3)24(17,26)19(30)11-23(18,25)4/h7-9,17-19,21,30,32H,5-6,10-12H2,1-4H3/t17-,18-,19-,21+,22-,23-,24?,25+/m0/s1. The van der Waals surface area contributed by atoms with Gasteiger partial charge in [-0.05, 0) is 50.7 Å². The molecule has 34 heavy (non-hydrogen) atoms. The number of carbonyl (C=O) groups excluding carboxylic acids is 4. The minimum atomic E-state index is -2.28. The van der Waals surface area contributed by atoms with Crippen LogP contribution in [0.5, 0.6) is 0 Å². The number of rotatable bonds is 4. The van der Waals surface area contributed by atoms with E-state index in [1.165, 1.54) is 18.2 Å². The topological polar surface area (TPSA) is 127 Å². The van der Waals surface area contributed by atoms with Gasteiger partial charge in [-0.1, -0.05) is 18.6 Å².